The van der Waals surface area contributed by atoms with Crippen molar-refractivity contribution >= 4 is 11.8 Å². The first-order valence-corrected chi connectivity index (χ1v) is 8.60. The molecule has 1 aliphatic heterocycles. The fraction of sp³-hybridized carbons (Fsp3) is 0.500. The molecule has 2 amide bonds. The Balaban J connectivity index is 1.92. The monoisotopic (exact) mass is 343 g/mol. The Morgan fingerprint density at radius 2 is 2.20 bits per heavy atom. The zero-order valence-corrected chi connectivity index (χ0v) is 14.9. The molecule has 1 aliphatic rings. The molecule has 2 aromatic heterocycles. The van der Waals surface area contributed by atoms with E-state index in [1.165, 1.54) is 0 Å². The third-order valence-corrected chi connectivity index (χ3v) is 4.43. The van der Waals surface area contributed by atoms with Gasteiger partial charge in [0, 0.05) is 24.2 Å². The summed E-state index contributed by atoms with van der Waals surface area (Å²) in [6.07, 6.45) is 3.43. The van der Waals surface area contributed by atoms with E-state index >= 15 is 0 Å². The molecule has 25 heavy (non-hydrogen) atoms. The third kappa shape index (κ3) is 3.66. The van der Waals surface area contributed by atoms with E-state index in [0.717, 1.165) is 18.5 Å². The van der Waals surface area contributed by atoms with Crippen LogP contribution >= 0.6 is 0 Å². The van der Waals surface area contributed by atoms with Crippen molar-refractivity contribution in [3.05, 3.63) is 36.2 Å². The Bertz CT molecular complexity index is 736. The standard InChI is InChI=1S/C18H25N5O2/c1-18(2,3)14-11-16(23(21-14)15-8-4-5-9-19-15)20-17(25)22-10-6-7-13(22)12-24/h4-5,8-9,11,13,24H,6-7,10,12H2,1-3H3,(H,20,25). The topological polar surface area (TPSA) is 83.3 Å². The summed E-state index contributed by atoms with van der Waals surface area (Å²) >= 11 is 0. The highest BCUT2D eigenvalue weighted by atomic mass is 16.3. The Morgan fingerprint density at radius 1 is 1.40 bits per heavy atom. The van der Waals surface area contributed by atoms with Crippen LogP contribution in [0.2, 0.25) is 0 Å². The van der Waals surface area contributed by atoms with Crippen LogP contribution in [0.4, 0.5) is 10.6 Å². The Hall–Kier alpha value is -2.41. The molecule has 0 aromatic carbocycles. The van der Waals surface area contributed by atoms with E-state index in [-0.39, 0.29) is 24.1 Å². The van der Waals surface area contributed by atoms with Crippen molar-refractivity contribution in [2.45, 2.75) is 45.1 Å². The second-order valence-corrected chi connectivity index (χ2v) is 7.37. The number of anilines is 1. The number of hydrogen-bond acceptors (Lipinski definition) is 4. The number of aromatic nitrogens is 3. The third-order valence-electron chi connectivity index (χ3n) is 4.43. The number of urea groups is 1. The van der Waals surface area contributed by atoms with Gasteiger partial charge in [-0.2, -0.15) is 9.78 Å². The average molecular weight is 343 g/mol. The number of rotatable bonds is 3. The molecule has 0 aliphatic carbocycles. The summed E-state index contributed by atoms with van der Waals surface area (Å²) in [6, 6.07) is 7.13. The molecule has 0 radical (unpaired) electrons. The Kier molecular flexibility index (Phi) is 4.76. The lowest BCUT2D eigenvalue weighted by atomic mass is 9.92. The van der Waals surface area contributed by atoms with Crippen LogP contribution in [0, 0.1) is 0 Å². The molecule has 7 nitrogen and oxygen atoms in total. The van der Waals surface area contributed by atoms with Crippen LogP contribution in [0.3, 0.4) is 0 Å². The van der Waals surface area contributed by atoms with Gasteiger partial charge in [0.25, 0.3) is 0 Å². The van der Waals surface area contributed by atoms with Gasteiger partial charge in [0.05, 0.1) is 18.3 Å². The molecule has 3 heterocycles. The number of aliphatic hydroxyl groups excluding tert-OH is 1. The zero-order chi connectivity index (χ0) is 18.0. The number of likely N-dealkylation sites (tertiary alicyclic amines) is 1. The summed E-state index contributed by atoms with van der Waals surface area (Å²) in [5.74, 6) is 1.23. The van der Waals surface area contributed by atoms with Gasteiger partial charge in [-0.25, -0.2) is 9.78 Å². The van der Waals surface area contributed by atoms with Crippen molar-refractivity contribution in [1.82, 2.24) is 19.7 Å². The van der Waals surface area contributed by atoms with E-state index in [0.29, 0.717) is 18.2 Å². The van der Waals surface area contributed by atoms with Crippen molar-refractivity contribution in [2.24, 2.45) is 0 Å². The lowest BCUT2D eigenvalue weighted by Crippen LogP contribution is -2.40. The maximum absolute atomic E-state index is 12.7. The number of aliphatic hydroxyl groups is 1. The number of nitrogens with one attached hydrogen (secondary N) is 1. The molecule has 0 bridgehead atoms. The maximum atomic E-state index is 12.7. The highest BCUT2D eigenvalue weighted by molar-refractivity contribution is 5.89. The lowest BCUT2D eigenvalue weighted by Gasteiger charge is -2.23. The molecule has 2 aromatic rings. The minimum Gasteiger partial charge on any atom is -0.394 e. The second kappa shape index (κ2) is 6.84. The second-order valence-electron chi connectivity index (χ2n) is 7.37. The Morgan fingerprint density at radius 3 is 2.84 bits per heavy atom. The first-order valence-electron chi connectivity index (χ1n) is 8.60. The van der Waals surface area contributed by atoms with E-state index in [9.17, 15) is 9.90 Å². The summed E-state index contributed by atoms with van der Waals surface area (Å²) in [6.45, 7) is 6.87. The Labute approximate surface area is 147 Å². The van der Waals surface area contributed by atoms with Crippen molar-refractivity contribution in [1.29, 1.82) is 0 Å². The van der Waals surface area contributed by atoms with Crippen molar-refractivity contribution in [2.75, 3.05) is 18.5 Å². The van der Waals surface area contributed by atoms with Gasteiger partial charge in [0.1, 0.15) is 5.82 Å². The molecular weight excluding hydrogens is 318 g/mol. The van der Waals surface area contributed by atoms with Crippen LogP contribution in [-0.4, -0.2) is 50.0 Å². The maximum Gasteiger partial charge on any atom is 0.323 e. The summed E-state index contributed by atoms with van der Waals surface area (Å²) < 4.78 is 1.66. The van der Waals surface area contributed by atoms with Gasteiger partial charge in [-0.1, -0.05) is 26.8 Å². The SMILES string of the molecule is CC(C)(C)c1cc(NC(=O)N2CCCC2CO)n(-c2ccccn2)n1. The van der Waals surface area contributed by atoms with Crippen LogP contribution in [0.1, 0.15) is 39.3 Å². The van der Waals surface area contributed by atoms with Crippen LogP contribution in [0.5, 0.6) is 0 Å². The van der Waals surface area contributed by atoms with Crippen LogP contribution in [-0.2, 0) is 5.41 Å². The summed E-state index contributed by atoms with van der Waals surface area (Å²) in [5, 5.41) is 17.0. The number of pyridine rings is 1. The van der Waals surface area contributed by atoms with E-state index < -0.39 is 0 Å². The molecule has 0 saturated carbocycles. The van der Waals surface area contributed by atoms with Crippen molar-refractivity contribution in [3.8, 4) is 5.82 Å². The summed E-state index contributed by atoms with van der Waals surface area (Å²) in [4.78, 5) is 18.7. The minimum atomic E-state index is -0.214. The molecular formula is C18H25N5O2. The quantitative estimate of drug-likeness (QED) is 0.897. The minimum absolute atomic E-state index is 0.0137. The molecule has 1 saturated heterocycles. The van der Waals surface area contributed by atoms with Crippen LogP contribution < -0.4 is 5.32 Å². The highest BCUT2D eigenvalue weighted by Crippen LogP contribution is 2.26. The predicted octanol–water partition coefficient (Wildman–Crippen LogP) is 2.55. The fourth-order valence-electron chi connectivity index (χ4n) is 2.96. The molecule has 7 heteroatoms. The van der Waals surface area contributed by atoms with Crippen molar-refractivity contribution in [3.63, 3.8) is 0 Å². The predicted molar refractivity (Wildman–Crippen MR) is 95.9 cm³/mol. The molecule has 2 N–H and O–H groups in total. The van der Waals surface area contributed by atoms with E-state index in [4.69, 9.17) is 0 Å². The van der Waals surface area contributed by atoms with Gasteiger partial charge in [-0.15, -0.1) is 0 Å². The van der Waals surface area contributed by atoms with Gasteiger partial charge >= 0.3 is 6.03 Å². The van der Waals surface area contributed by atoms with Crippen LogP contribution in [0.25, 0.3) is 5.82 Å². The lowest BCUT2D eigenvalue weighted by molar-refractivity contribution is 0.166. The molecule has 0 spiro atoms. The van der Waals surface area contributed by atoms with E-state index in [1.54, 1.807) is 15.8 Å². The molecule has 1 fully saturated rings. The number of nitrogens with zero attached hydrogens (tertiary/aromatic N) is 4. The summed E-state index contributed by atoms with van der Waals surface area (Å²) in [7, 11) is 0. The van der Waals surface area contributed by atoms with Gasteiger partial charge in [0.15, 0.2) is 5.82 Å². The number of carbonyl (C=O) groups excluding carboxylic acids is 1. The fourth-order valence-corrected chi connectivity index (χ4v) is 2.96. The largest absolute Gasteiger partial charge is 0.394 e. The van der Waals surface area contributed by atoms with E-state index in [1.807, 2.05) is 24.3 Å². The van der Waals surface area contributed by atoms with E-state index in [2.05, 4.69) is 36.2 Å². The molecule has 134 valence electrons. The van der Waals surface area contributed by atoms with Gasteiger partial charge in [-0.3, -0.25) is 5.32 Å². The molecule has 1 unspecified atom stereocenters. The first kappa shape index (κ1) is 17.4. The van der Waals surface area contributed by atoms with Gasteiger partial charge in [0.2, 0.25) is 0 Å². The molecule has 1 atom stereocenters. The van der Waals surface area contributed by atoms with Gasteiger partial charge in [-0.05, 0) is 25.0 Å². The summed E-state index contributed by atoms with van der Waals surface area (Å²) in [5.41, 5.74) is 0.717. The molecule has 3 rings (SSSR count). The average Bonchev–Trinajstić information content (AvgIpc) is 3.21. The normalized spacial score (nSPS) is 17.8. The van der Waals surface area contributed by atoms with Crippen LogP contribution in [0.15, 0.2) is 30.5 Å². The highest BCUT2D eigenvalue weighted by Gasteiger charge is 2.29. The van der Waals surface area contributed by atoms with Gasteiger partial charge < -0.3 is 10.0 Å². The number of carbonyl (C=O) groups is 1. The first-order chi connectivity index (χ1) is 11.9. The zero-order valence-electron chi connectivity index (χ0n) is 14.9. The number of amides is 2. The smallest absolute Gasteiger partial charge is 0.323 e. The van der Waals surface area contributed by atoms with Crippen molar-refractivity contribution < 1.29 is 9.90 Å². The number of hydrogen-bond donors (Lipinski definition) is 2.